The smallest absolute Gasteiger partial charge is 0.243 e. The second-order valence-corrected chi connectivity index (χ2v) is 3.84. The van der Waals surface area contributed by atoms with Gasteiger partial charge in [-0.1, -0.05) is 5.16 Å². The fraction of sp³-hybridized carbons (Fsp3) is 0.300. The van der Waals surface area contributed by atoms with Crippen molar-refractivity contribution in [3.05, 3.63) is 30.0 Å². The molecule has 0 aromatic carbocycles. The van der Waals surface area contributed by atoms with Gasteiger partial charge in [-0.2, -0.15) is 0 Å². The summed E-state index contributed by atoms with van der Waals surface area (Å²) in [6.07, 6.45) is 3.63. The number of nitrogens with zero attached hydrogens (tertiary/aromatic N) is 2. The van der Waals surface area contributed by atoms with Gasteiger partial charge >= 0.3 is 0 Å². The Morgan fingerprint density at radius 2 is 2.53 bits per heavy atom. The Hall–Kier alpha value is -2.15. The summed E-state index contributed by atoms with van der Waals surface area (Å²) >= 11 is 0. The highest BCUT2D eigenvalue weighted by molar-refractivity contribution is 5.94. The fourth-order valence-corrected chi connectivity index (χ4v) is 1.84. The van der Waals surface area contributed by atoms with Gasteiger partial charge in [0.1, 0.15) is 6.26 Å². The van der Waals surface area contributed by atoms with Gasteiger partial charge in [-0.3, -0.25) is 10.1 Å². The molecular weight excluding hydrogens is 222 g/mol. The zero-order valence-corrected chi connectivity index (χ0v) is 8.93. The van der Waals surface area contributed by atoms with Crippen molar-refractivity contribution < 1.29 is 9.32 Å². The second kappa shape index (κ2) is 4.02. The Morgan fingerprint density at radius 1 is 1.59 bits per heavy atom. The minimum Gasteiger partial charge on any atom is -0.363 e. The molecule has 1 aliphatic heterocycles. The summed E-state index contributed by atoms with van der Waals surface area (Å²) in [5.74, 6) is 0.289. The van der Waals surface area contributed by atoms with Crippen LogP contribution >= 0.6 is 0 Å². The Kier molecular flexibility index (Phi) is 2.37. The molecule has 0 radical (unpaired) electrons. The average molecular weight is 233 g/mol. The van der Waals surface area contributed by atoms with Crippen molar-refractivity contribution in [2.45, 2.75) is 19.0 Å². The number of aromatic amines is 1. The summed E-state index contributed by atoms with van der Waals surface area (Å²) in [7, 11) is 0. The fourth-order valence-electron chi connectivity index (χ4n) is 1.84. The Bertz CT molecular complexity index is 519. The molecule has 7 heteroatoms. The number of hydrogen-bond donors (Lipinski definition) is 3. The Morgan fingerprint density at radius 3 is 3.35 bits per heavy atom. The largest absolute Gasteiger partial charge is 0.363 e. The highest BCUT2D eigenvalue weighted by atomic mass is 16.5. The molecule has 0 aliphatic carbocycles. The monoisotopic (exact) mass is 233 g/mol. The van der Waals surface area contributed by atoms with E-state index in [2.05, 4.69) is 30.3 Å². The molecule has 3 heterocycles. The van der Waals surface area contributed by atoms with Crippen LogP contribution in [0.3, 0.4) is 0 Å². The third-order valence-corrected chi connectivity index (χ3v) is 2.74. The van der Waals surface area contributed by atoms with Crippen LogP contribution in [0.4, 0.5) is 5.82 Å². The van der Waals surface area contributed by atoms with Crippen LogP contribution in [0.15, 0.2) is 23.2 Å². The lowest BCUT2D eigenvalue weighted by Gasteiger charge is -2.21. The van der Waals surface area contributed by atoms with Crippen molar-refractivity contribution in [3.8, 4) is 0 Å². The number of amides is 1. The summed E-state index contributed by atoms with van der Waals surface area (Å²) in [6.45, 7) is 0.617. The van der Waals surface area contributed by atoms with E-state index in [0.717, 1.165) is 11.4 Å². The second-order valence-electron chi connectivity index (χ2n) is 3.84. The van der Waals surface area contributed by atoms with Gasteiger partial charge < -0.3 is 14.8 Å². The quantitative estimate of drug-likeness (QED) is 0.681. The highest BCUT2D eigenvalue weighted by Gasteiger charge is 2.26. The van der Waals surface area contributed by atoms with Gasteiger partial charge in [0.2, 0.25) is 5.91 Å². The molecule has 88 valence electrons. The predicted octanol–water partition coefficient (Wildman–Crippen LogP) is 0.0507. The Balaban J connectivity index is 1.68. The van der Waals surface area contributed by atoms with Gasteiger partial charge in [0, 0.05) is 19.0 Å². The number of hydrogen-bond acceptors (Lipinski definition) is 5. The molecule has 3 rings (SSSR count). The van der Waals surface area contributed by atoms with Gasteiger partial charge in [-0.15, -0.1) is 0 Å². The van der Waals surface area contributed by atoms with E-state index in [1.807, 2.05) is 0 Å². The third-order valence-electron chi connectivity index (χ3n) is 2.74. The number of anilines is 1. The summed E-state index contributed by atoms with van der Waals surface area (Å²) in [4.78, 5) is 19.1. The van der Waals surface area contributed by atoms with Crippen LogP contribution in [0.5, 0.6) is 0 Å². The molecule has 0 saturated heterocycles. The summed E-state index contributed by atoms with van der Waals surface area (Å²) in [6, 6.07) is 1.31. The van der Waals surface area contributed by atoms with Gasteiger partial charge in [-0.05, 0) is 0 Å². The van der Waals surface area contributed by atoms with Crippen LogP contribution in [-0.4, -0.2) is 27.1 Å². The number of fused-ring (bicyclic) bond motifs is 1. The number of rotatable bonds is 2. The van der Waals surface area contributed by atoms with Crippen molar-refractivity contribution in [1.29, 1.82) is 0 Å². The molecule has 0 spiro atoms. The van der Waals surface area contributed by atoms with Crippen LogP contribution in [0.25, 0.3) is 0 Å². The number of H-pyrrole nitrogens is 1. The number of carbonyl (C=O) groups excluding carboxylic acids is 1. The lowest BCUT2D eigenvalue weighted by molar-refractivity contribution is -0.118. The Labute approximate surface area is 96.6 Å². The SMILES string of the molecule is O=C(Nc1ccon1)C1Cc2nc[nH]c2CN1. The van der Waals surface area contributed by atoms with Crippen LogP contribution in [0.2, 0.25) is 0 Å². The topological polar surface area (TPSA) is 95.8 Å². The summed E-state index contributed by atoms with van der Waals surface area (Å²) in [5, 5.41) is 9.43. The van der Waals surface area contributed by atoms with Crippen LogP contribution in [0.1, 0.15) is 11.4 Å². The first-order valence-electron chi connectivity index (χ1n) is 5.28. The van der Waals surface area contributed by atoms with Crippen LogP contribution in [0, 0.1) is 0 Å². The molecule has 1 unspecified atom stereocenters. The van der Waals surface area contributed by atoms with Crippen LogP contribution in [-0.2, 0) is 17.8 Å². The molecule has 0 saturated carbocycles. The van der Waals surface area contributed by atoms with Crippen molar-refractivity contribution >= 4 is 11.7 Å². The lowest BCUT2D eigenvalue weighted by Crippen LogP contribution is -2.44. The maximum atomic E-state index is 11.9. The van der Waals surface area contributed by atoms with Crippen molar-refractivity contribution in [3.63, 3.8) is 0 Å². The molecule has 1 aliphatic rings. The van der Waals surface area contributed by atoms with E-state index in [1.54, 1.807) is 12.4 Å². The molecule has 1 atom stereocenters. The van der Waals surface area contributed by atoms with Crippen molar-refractivity contribution in [2.75, 3.05) is 5.32 Å². The molecular formula is C10H11N5O2. The van der Waals surface area contributed by atoms with Gasteiger partial charge in [0.25, 0.3) is 0 Å². The molecule has 0 bridgehead atoms. The van der Waals surface area contributed by atoms with Crippen molar-refractivity contribution in [1.82, 2.24) is 20.4 Å². The zero-order chi connectivity index (χ0) is 11.7. The first kappa shape index (κ1) is 10.0. The number of nitrogens with one attached hydrogen (secondary N) is 3. The van der Waals surface area contributed by atoms with Gasteiger partial charge in [-0.25, -0.2) is 4.98 Å². The van der Waals surface area contributed by atoms with E-state index in [9.17, 15) is 4.79 Å². The van der Waals surface area contributed by atoms with E-state index in [4.69, 9.17) is 0 Å². The van der Waals surface area contributed by atoms with E-state index < -0.39 is 0 Å². The lowest BCUT2D eigenvalue weighted by atomic mass is 10.0. The maximum absolute atomic E-state index is 11.9. The molecule has 0 fully saturated rings. The summed E-state index contributed by atoms with van der Waals surface area (Å²) in [5.41, 5.74) is 1.97. The van der Waals surface area contributed by atoms with E-state index in [0.29, 0.717) is 18.8 Å². The first-order valence-corrected chi connectivity index (χ1v) is 5.28. The predicted molar refractivity (Wildman–Crippen MR) is 58.1 cm³/mol. The minimum atomic E-state index is -0.289. The molecule has 17 heavy (non-hydrogen) atoms. The molecule has 3 N–H and O–H groups in total. The third kappa shape index (κ3) is 1.92. The zero-order valence-electron chi connectivity index (χ0n) is 8.93. The number of imidazole rings is 1. The average Bonchev–Trinajstić information content (AvgIpc) is 2.97. The molecule has 2 aromatic heterocycles. The van der Waals surface area contributed by atoms with Crippen LogP contribution < -0.4 is 10.6 Å². The highest BCUT2D eigenvalue weighted by Crippen LogP contribution is 2.13. The molecule has 1 amide bonds. The van der Waals surface area contributed by atoms with E-state index in [1.165, 1.54) is 6.26 Å². The van der Waals surface area contributed by atoms with Gasteiger partial charge in [0.05, 0.1) is 23.8 Å². The normalized spacial score (nSPS) is 18.7. The maximum Gasteiger partial charge on any atom is 0.243 e. The van der Waals surface area contributed by atoms with E-state index >= 15 is 0 Å². The molecule has 2 aromatic rings. The summed E-state index contributed by atoms with van der Waals surface area (Å²) < 4.78 is 4.64. The minimum absolute atomic E-state index is 0.132. The molecule has 7 nitrogen and oxygen atoms in total. The first-order chi connectivity index (χ1) is 8.33. The number of aromatic nitrogens is 3. The standard InChI is InChI=1S/C10H11N5O2/c16-10(14-9-1-2-17-15-9)7-3-6-8(4-11-7)13-5-12-6/h1-2,5,7,11H,3-4H2,(H,12,13)(H,14,15,16). The van der Waals surface area contributed by atoms with Gasteiger partial charge in [0.15, 0.2) is 5.82 Å². The van der Waals surface area contributed by atoms with Crippen molar-refractivity contribution in [2.24, 2.45) is 0 Å². The van der Waals surface area contributed by atoms with E-state index in [-0.39, 0.29) is 11.9 Å². The number of carbonyl (C=O) groups is 1.